The molecule has 0 amide bonds. The highest BCUT2D eigenvalue weighted by molar-refractivity contribution is 6.30. The van der Waals surface area contributed by atoms with Crippen LogP contribution in [0.3, 0.4) is 0 Å². The van der Waals surface area contributed by atoms with E-state index in [9.17, 15) is 9.59 Å². The molecule has 0 atom stereocenters. The van der Waals surface area contributed by atoms with Crippen LogP contribution in [0.25, 0.3) is 0 Å². The van der Waals surface area contributed by atoms with Crippen LogP contribution in [-0.4, -0.2) is 16.6 Å². The lowest BCUT2D eigenvalue weighted by Crippen LogP contribution is -2.26. The van der Waals surface area contributed by atoms with Gasteiger partial charge in [-0.15, -0.1) is 0 Å². The summed E-state index contributed by atoms with van der Waals surface area (Å²) in [6.07, 6.45) is 1.51. The molecule has 1 aromatic heterocycles. The lowest BCUT2D eigenvalue weighted by atomic mass is 9.91. The van der Waals surface area contributed by atoms with E-state index in [0.29, 0.717) is 21.8 Å². The third kappa shape index (κ3) is 2.34. The number of hydrogen-bond acceptors (Lipinski definition) is 4. The van der Waals surface area contributed by atoms with Gasteiger partial charge < -0.3 is 5.32 Å². The number of Topliss-reactive ketones (excluding diaryl/α,β-unsaturated/α-hetero) is 2. The maximum Gasteiger partial charge on any atom is 0.211 e. The monoisotopic (exact) mass is 298 g/mol. The predicted molar refractivity (Wildman–Crippen MR) is 80.7 cm³/mol. The van der Waals surface area contributed by atoms with Crippen LogP contribution in [0.2, 0.25) is 5.02 Å². The Morgan fingerprint density at radius 3 is 2.48 bits per heavy atom. The predicted octanol–water partition coefficient (Wildman–Crippen LogP) is 3.50. The first-order valence-electron chi connectivity index (χ1n) is 6.36. The summed E-state index contributed by atoms with van der Waals surface area (Å²) in [7, 11) is 0. The van der Waals surface area contributed by atoms with Gasteiger partial charge >= 0.3 is 0 Å². The molecule has 0 bridgehead atoms. The highest BCUT2D eigenvalue weighted by Crippen LogP contribution is 2.26. The number of ketones is 2. The zero-order valence-corrected chi connectivity index (χ0v) is 11.9. The molecule has 0 saturated heterocycles. The van der Waals surface area contributed by atoms with Crippen molar-refractivity contribution in [3.05, 3.63) is 70.1 Å². The number of carbonyl (C=O) groups excluding carboxylic acids is 2. The number of allylic oxidation sites excluding steroid dienone is 2. The van der Waals surface area contributed by atoms with E-state index >= 15 is 0 Å². The van der Waals surface area contributed by atoms with Crippen molar-refractivity contribution < 1.29 is 9.59 Å². The van der Waals surface area contributed by atoms with Gasteiger partial charge in [0.1, 0.15) is 5.69 Å². The Kier molecular flexibility index (Phi) is 3.31. The average molecular weight is 299 g/mol. The van der Waals surface area contributed by atoms with Crippen molar-refractivity contribution in [2.75, 3.05) is 5.32 Å². The molecule has 0 radical (unpaired) electrons. The molecule has 2 aromatic rings. The zero-order chi connectivity index (χ0) is 15.0. The first-order valence-corrected chi connectivity index (χ1v) is 6.73. The van der Waals surface area contributed by atoms with Gasteiger partial charge in [-0.1, -0.05) is 11.6 Å². The summed E-state index contributed by atoms with van der Waals surface area (Å²) >= 11 is 5.83. The minimum atomic E-state index is -0.235. The molecule has 0 fully saturated rings. The fraction of sp³-hybridized carbons (Fsp3) is 0.0625. The fourth-order valence-electron chi connectivity index (χ4n) is 2.19. The van der Waals surface area contributed by atoms with Crippen molar-refractivity contribution in [1.82, 2.24) is 4.98 Å². The summed E-state index contributed by atoms with van der Waals surface area (Å²) in [5, 5.41) is 3.61. The number of fused-ring (bicyclic) bond motifs is 1. The van der Waals surface area contributed by atoms with Gasteiger partial charge in [-0.3, -0.25) is 14.6 Å². The molecule has 0 spiro atoms. The van der Waals surface area contributed by atoms with E-state index in [0.717, 1.165) is 0 Å². The van der Waals surface area contributed by atoms with Crippen molar-refractivity contribution in [3.63, 3.8) is 0 Å². The van der Waals surface area contributed by atoms with Gasteiger partial charge in [0, 0.05) is 22.5 Å². The van der Waals surface area contributed by atoms with E-state index in [4.69, 9.17) is 11.6 Å². The molecular formula is C16H11ClN2O2. The van der Waals surface area contributed by atoms with Crippen LogP contribution in [0.5, 0.6) is 0 Å². The van der Waals surface area contributed by atoms with E-state index in [2.05, 4.69) is 10.3 Å². The Morgan fingerprint density at radius 1 is 1.05 bits per heavy atom. The van der Waals surface area contributed by atoms with E-state index in [-0.39, 0.29) is 23.0 Å². The van der Waals surface area contributed by atoms with E-state index in [1.807, 2.05) is 0 Å². The molecule has 0 aliphatic heterocycles. The van der Waals surface area contributed by atoms with Gasteiger partial charge in [0.05, 0.1) is 11.3 Å². The second-order valence-corrected chi connectivity index (χ2v) is 5.13. The molecule has 3 rings (SSSR count). The molecule has 21 heavy (non-hydrogen) atoms. The van der Waals surface area contributed by atoms with Gasteiger partial charge in [0.15, 0.2) is 0 Å². The Morgan fingerprint density at radius 2 is 1.76 bits per heavy atom. The van der Waals surface area contributed by atoms with Crippen molar-refractivity contribution in [2.24, 2.45) is 0 Å². The van der Waals surface area contributed by atoms with Crippen LogP contribution in [0.1, 0.15) is 27.8 Å². The van der Waals surface area contributed by atoms with Gasteiger partial charge in [0.25, 0.3) is 0 Å². The SMILES string of the molecule is CC1=C(Nc2ccc(Cl)cc2)C(=O)c2cccnc2C1=O. The standard InChI is InChI=1S/C16H11ClN2O2/c1-9-13(19-11-6-4-10(17)5-7-11)16(21)12-3-2-8-18-14(12)15(9)20/h2-8,19H,1H3. The number of benzene rings is 1. The number of anilines is 1. The summed E-state index contributed by atoms with van der Waals surface area (Å²) in [6, 6.07) is 10.2. The van der Waals surface area contributed by atoms with Crippen LogP contribution in [0.15, 0.2) is 53.9 Å². The minimum absolute atomic E-state index is 0.210. The van der Waals surface area contributed by atoms with Gasteiger partial charge in [-0.05, 0) is 43.3 Å². The number of pyridine rings is 1. The second kappa shape index (κ2) is 5.14. The van der Waals surface area contributed by atoms with Crippen LogP contribution in [0.4, 0.5) is 5.69 Å². The number of halogens is 1. The van der Waals surface area contributed by atoms with Crippen LogP contribution >= 0.6 is 11.6 Å². The lowest BCUT2D eigenvalue weighted by molar-refractivity contribution is 0.0972. The molecule has 1 aliphatic rings. The van der Waals surface area contributed by atoms with Gasteiger partial charge in [-0.25, -0.2) is 0 Å². The van der Waals surface area contributed by atoms with E-state index in [1.165, 1.54) is 6.20 Å². The number of nitrogens with zero attached hydrogens (tertiary/aromatic N) is 1. The number of nitrogens with one attached hydrogen (secondary N) is 1. The summed E-state index contributed by atoms with van der Waals surface area (Å²) in [4.78, 5) is 28.8. The van der Waals surface area contributed by atoms with E-state index < -0.39 is 0 Å². The fourth-order valence-corrected chi connectivity index (χ4v) is 2.32. The van der Waals surface area contributed by atoms with Crippen molar-refractivity contribution in [2.45, 2.75) is 6.92 Å². The van der Waals surface area contributed by atoms with Crippen molar-refractivity contribution in [1.29, 1.82) is 0 Å². The van der Waals surface area contributed by atoms with E-state index in [1.54, 1.807) is 43.3 Å². The Hall–Kier alpha value is -2.46. The van der Waals surface area contributed by atoms with Crippen molar-refractivity contribution >= 4 is 28.9 Å². The normalized spacial score (nSPS) is 14.2. The number of rotatable bonds is 2. The first-order chi connectivity index (χ1) is 10.1. The number of hydrogen-bond donors (Lipinski definition) is 1. The minimum Gasteiger partial charge on any atom is -0.352 e. The Balaban J connectivity index is 2.02. The molecule has 1 heterocycles. The topological polar surface area (TPSA) is 59.1 Å². The average Bonchev–Trinajstić information content (AvgIpc) is 2.51. The van der Waals surface area contributed by atoms with Crippen LogP contribution in [0, 0.1) is 0 Å². The highest BCUT2D eigenvalue weighted by Gasteiger charge is 2.30. The number of carbonyl (C=O) groups is 2. The Labute approximate surface area is 126 Å². The quantitative estimate of drug-likeness (QED) is 0.922. The van der Waals surface area contributed by atoms with Crippen LogP contribution < -0.4 is 5.32 Å². The summed E-state index contributed by atoms with van der Waals surface area (Å²) < 4.78 is 0. The molecule has 0 unspecified atom stereocenters. The third-order valence-electron chi connectivity index (χ3n) is 3.32. The smallest absolute Gasteiger partial charge is 0.211 e. The van der Waals surface area contributed by atoms with Crippen molar-refractivity contribution in [3.8, 4) is 0 Å². The molecule has 5 heteroatoms. The zero-order valence-electron chi connectivity index (χ0n) is 11.2. The van der Waals surface area contributed by atoms with Gasteiger partial charge in [0.2, 0.25) is 11.6 Å². The molecule has 0 saturated carbocycles. The molecular weight excluding hydrogens is 288 g/mol. The number of aromatic nitrogens is 1. The summed E-state index contributed by atoms with van der Waals surface area (Å²) in [5.74, 6) is -0.466. The third-order valence-corrected chi connectivity index (χ3v) is 3.58. The molecule has 104 valence electrons. The maximum atomic E-state index is 12.5. The molecule has 4 nitrogen and oxygen atoms in total. The molecule has 1 N–H and O–H groups in total. The molecule has 1 aliphatic carbocycles. The van der Waals surface area contributed by atoms with Gasteiger partial charge in [-0.2, -0.15) is 0 Å². The maximum absolute atomic E-state index is 12.5. The second-order valence-electron chi connectivity index (χ2n) is 4.69. The summed E-state index contributed by atoms with van der Waals surface area (Å²) in [5.41, 5.74) is 1.87. The lowest BCUT2D eigenvalue weighted by Gasteiger charge is -2.19. The first kappa shape index (κ1) is 13.5. The molecule has 1 aromatic carbocycles. The largest absolute Gasteiger partial charge is 0.352 e. The summed E-state index contributed by atoms with van der Waals surface area (Å²) in [6.45, 7) is 1.62. The highest BCUT2D eigenvalue weighted by atomic mass is 35.5. The van der Waals surface area contributed by atoms with Crippen LogP contribution in [-0.2, 0) is 0 Å². The Bertz CT molecular complexity index is 779.